The SMILES string of the molecule is CCCCOc1ccccc1-c1cc2c(SCC(=O)Nc3ccc(CC)cc3)nccn2n1. The van der Waals surface area contributed by atoms with Crippen molar-refractivity contribution in [2.24, 2.45) is 0 Å². The van der Waals surface area contributed by atoms with E-state index in [0.717, 1.165) is 52.5 Å². The number of aryl methyl sites for hydroxylation is 1. The van der Waals surface area contributed by atoms with Gasteiger partial charge in [0.1, 0.15) is 10.8 Å². The van der Waals surface area contributed by atoms with E-state index >= 15 is 0 Å². The third-order valence-corrected chi connectivity index (χ3v) is 6.25. The Bertz CT molecular complexity index is 1220. The molecular formula is C26H28N4O2S. The van der Waals surface area contributed by atoms with Gasteiger partial charge in [-0.1, -0.05) is 56.3 Å². The molecule has 0 aliphatic carbocycles. The Morgan fingerprint density at radius 3 is 2.73 bits per heavy atom. The Morgan fingerprint density at radius 2 is 1.94 bits per heavy atom. The van der Waals surface area contributed by atoms with Crippen molar-refractivity contribution in [1.82, 2.24) is 14.6 Å². The monoisotopic (exact) mass is 460 g/mol. The van der Waals surface area contributed by atoms with Crippen LogP contribution < -0.4 is 10.1 Å². The second kappa shape index (κ2) is 11.0. The lowest BCUT2D eigenvalue weighted by Gasteiger charge is -2.09. The van der Waals surface area contributed by atoms with Crippen molar-refractivity contribution in [1.29, 1.82) is 0 Å². The summed E-state index contributed by atoms with van der Waals surface area (Å²) in [4.78, 5) is 17.0. The van der Waals surface area contributed by atoms with E-state index in [0.29, 0.717) is 6.61 Å². The van der Waals surface area contributed by atoms with Gasteiger partial charge in [0.25, 0.3) is 0 Å². The number of amides is 1. The molecule has 2 aromatic heterocycles. The molecule has 4 rings (SSSR count). The van der Waals surface area contributed by atoms with Crippen molar-refractivity contribution in [2.75, 3.05) is 17.7 Å². The maximum atomic E-state index is 12.5. The van der Waals surface area contributed by atoms with Crippen molar-refractivity contribution in [3.05, 3.63) is 72.6 Å². The lowest BCUT2D eigenvalue weighted by molar-refractivity contribution is -0.113. The van der Waals surface area contributed by atoms with Gasteiger partial charge in [0, 0.05) is 23.6 Å². The van der Waals surface area contributed by atoms with Gasteiger partial charge in [-0.3, -0.25) is 4.79 Å². The molecule has 0 aliphatic heterocycles. The van der Waals surface area contributed by atoms with Crippen molar-refractivity contribution in [3.63, 3.8) is 0 Å². The van der Waals surface area contributed by atoms with Crippen LogP contribution in [0.3, 0.4) is 0 Å². The summed E-state index contributed by atoms with van der Waals surface area (Å²) in [7, 11) is 0. The normalized spacial score (nSPS) is 11.0. The van der Waals surface area contributed by atoms with Gasteiger partial charge in [0.15, 0.2) is 0 Å². The summed E-state index contributed by atoms with van der Waals surface area (Å²) in [5.41, 5.74) is 4.67. The number of ether oxygens (including phenoxy) is 1. The molecule has 2 heterocycles. The van der Waals surface area contributed by atoms with E-state index in [4.69, 9.17) is 9.84 Å². The fraction of sp³-hybridized carbons (Fsp3) is 0.269. The van der Waals surface area contributed by atoms with Crippen LogP contribution in [0.1, 0.15) is 32.3 Å². The number of carbonyl (C=O) groups is 1. The number of nitrogens with one attached hydrogen (secondary N) is 1. The molecule has 1 amide bonds. The highest BCUT2D eigenvalue weighted by Crippen LogP contribution is 2.32. The van der Waals surface area contributed by atoms with Crippen LogP contribution in [0.4, 0.5) is 5.69 Å². The highest BCUT2D eigenvalue weighted by molar-refractivity contribution is 8.00. The van der Waals surface area contributed by atoms with Gasteiger partial charge >= 0.3 is 0 Å². The van der Waals surface area contributed by atoms with Crippen molar-refractivity contribution < 1.29 is 9.53 Å². The molecule has 33 heavy (non-hydrogen) atoms. The minimum atomic E-state index is -0.0672. The average Bonchev–Trinajstić information content (AvgIpc) is 3.28. The third kappa shape index (κ3) is 5.73. The van der Waals surface area contributed by atoms with Crippen LogP contribution in [0.15, 0.2) is 72.0 Å². The molecule has 0 radical (unpaired) electrons. The third-order valence-electron chi connectivity index (χ3n) is 5.26. The lowest BCUT2D eigenvalue weighted by atomic mass is 10.1. The predicted molar refractivity (Wildman–Crippen MR) is 134 cm³/mol. The maximum Gasteiger partial charge on any atom is 0.234 e. The fourth-order valence-electron chi connectivity index (χ4n) is 3.43. The molecule has 0 aliphatic rings. The largest absolute Gasteiger partial charge is 0.493 e. The molecule has 0 unspecified atom stereocenters. The molecule has 4 aromatic rings. The predicted octanol–water partition coefficient (Wildman–Crippen LogP) is 5.87. The first-order valence-electron chi connectivity index (χ1n) is 11.3. The van der Waals surface area contributed by atoms with E-state index in [-0.39, 0.29) is 11.7 Å². The quantitative estimate of drug-likeness (QED) is 0.237. The zero-order valence-electron chi connectivity index (χ0n) is 19.0. The molecular weight excluding hydrogens is 432 g/mol. The molecule has 0 saturated heterocycles. The van der Waals surface area contributed by atoms with Crippen molar-refractivity contribution in [3.8, 4) is 17.0 Å². The van der Waals surface area contributed by atoms with Crippen LogP contribution in [0.2, 0.25) is 0 Å². The highest BCUT2D eigenvalue weighted by atomic mass is 32.2. The zero-order valence-corrected chi connectivity index (χ0v) is 19.8. The second-order valence-corrected chi connectivity index (χ2v) is 8.64. The number of hydrogen-bond acceptors (Lipinski definition) is 5. The van der Waals surface area contributed by atoms with E-state index in [9.17, 15) is 4.79 Å². The number of unbranched alkanes of at least 4 members (excludes halogenated alkanes) is 1. The molecule has 2 aromatic carbocycles. The molecule has 0 fully saturated rings. The lowest BCUT2D eigenvalue weighted by Crippen LogP contribution is -2.14. The maximum absolute atomic E-state index is 12.5. The van der Waals surface area contributed by atoms with E-state index in [2.05, 4.69) is 24.1 Å². The first kappa shape index (κ1) is 22.9. The Kier molecular flexibility index (Phi) is 7.62. The van der Waals surface area contributed by atoms with Gasteiger partial charge in [-0.2, -0.15) is 5.10 Å². The minimum Gasteiger partial charge on any atom is -0.493 e. The zero-order chi connectivity index (χ0) is 23.0. The summed E-state index contributed by atoms with van der Waals surface area (Å²) < 4.78 is 7.79. The summed E-state index contributed by atoms with van der Waals surface area (Å²) >= 11 is 1.40. The fourth-order valence-corrected chi connectivity index (χ4v) is 4.20. The Morgan fingerprint density at radius 1 is 1.12 bits per heavy atom. The number of hydrogen-bond donors (Lipinski definition) is 1. The van der Waals surface area contributed by atoms with Gasteiger partial charge in [-0.25, -0.2) is 9.50 Å². The molecule has 0 saturated carbocycles. The smallest absolute Gasteiger partial charge is 0.234 e. The summed E-state index contributed by atoms with van der Waals surface area (Å²) in [5.74, 6) is 1.02. The number of fused-ring (bicyclic) bond motifs is 1. The topological polar surface area (TPSA) is 68.5 Å². The van der Waals surface area contributed by atoms with Gasteiger partial charge in [0.2, 0.25) is 5.91 Å². The van der Waals surface area contributed by atoms with Gasteiger partial charge < -0.3 is 10.1 Å². The number of thioether (sulfide) groups is 1. The number of rotatable bonds is 10. The van der Waals surface area contributed by atoms with Crippen LogP contribution in [-0.4, -0.2) is 32.9 Å². The Hall–Kier alpha value is -3.32. The molecule has 0 bridgehead atoms. The first-order chi connectivity index (χ1) is 16.2. The standard InChI is InChI=1S/C26H28N4O2S/c1-3-5-16-32-24-9-7-6-8-21(24)22-17-23-26(27-14-15-30(23)29-22)33-18-25(31)28-20-12-10-19(4-2)11-13-20/h6-15,17H,3-5,16,18H2,1-2H3,(H,28,31). The number of carbonyl (C=O) groups excluding carboxylic acids is 1. The van der Waals surface area contributed by atoms with E-state index in [1.165, 1.54) is 17.3 Å². The number of benzene rings is 2. The molecule has 0 spiro atoms. The Labute approximate surface area is 198 Å². The Balaban J connectivity index is 1.48. The van der Waals surface area contributed by atoms with Crippen LogP contribution in [0.25, 0.3) is 16.8 Å². The molecule has 0 atom stereocenters. The molecule has 7 heteroatoms. The number of aromatic nitrogens is 3. The summed E-state index contributed by atoms with van der Waals surface area (Å²) in [6.07, 6.45) is 6.59. The molecule has 170 valence electrons. The van der Waals surface area contributed by atoms with E-state index in [1.807, 2.05) is 60.8 Å². The number of anilines is 1. The first-order valence-corrected chi connectivity index (χ1v) is 12.2. The summed E-state index contributed by atoms with van der Waals surface area (Å²) in [6.45, 7) is 4.93. The van der Waals surface area contributed by atoms with Gasteiger partial charge in [-0.15, -0.1) is 0 Å². The van der Waals surface area contributed by atoms with Crippen LogP contribution in [0.5, 0.6) is 5.75 Å². The van der Waals surface area contributed by atoms with Gasteiger partial charge in [-0.05, 0) is 48.7 Å². The van der Waals surface area contributed by atoms with Crippen molar-refractivity contribution in [2.45, 2.75) is 38.1 Å². The molecule has 1 N–H and O–H groups in total. The van der Waals surface area contributed by atoms with E-state index < -0.39 is 0 Å². The van der Waals surface area contributed by atoms with Crippen molar-refractivity contribution >= 4 is 28.9 Å². The highest BCUT2D eigenvalue weighted by Gasteiger charge is 2.14. The average molecular weight is 461 g/mol. The van der Waals surface area contributed by atoms with E-state index in [1.54, 1.807) is 10.7 Å². The second-order valence-electron chi connectivity index (χ2n) is 7.68. The van der Waals surface area contributed by atoms with Crippen LogP contribution in [0, 0.1) is 0 Å². The minimum absolute atomic E-state index is 0.0672. The summed E-state index contributed by atoms with van der Waals surface area (Å²) in [6, 6.07) is 17.9. The van der Waals surface area contributed by atoms with Crippen LogP contribution >= 0.6 is 11.8 Å². The number of nitrogens with zero attached hydrogens (tertiary/aromatic N) is 3. The van der Waals surface area contributed by atoms with Gasteiger partial charge in [0.05, 0.1) is 23.6 Å². The molecule has 6 nitrogen and oxygen atoms in total. The van der Waals surface area contributed by atoms with Crippen LogP contribution in [-0.2, 0) is 11.2 Å². The number of para-hydroxylation sites is 1. The summed E-state index contributed by atoms with van der Waals surface area (Å²) in [5, 5.41) is 8.44.